The maximum absolute atomic E-state index is 13.3. The van der Waals surface area contributed by atoms with E-state index in [1.807, 2.05) is 25.1 Å². The second-order valence-corrected chi connectivity index (χ2v) is 5.71. The maximum Gasteiger partial charge on any atom is 0.171 e. The van der Waals surface area contributed by atoms with Gasteiger partial charge in [0.05, 0.1) is 20.3 Å². The Balaban J connectivity index is 2.10. The fraction of sp³-hybridized carbons (Fsp3) is 0.278. The van der Waals surface area contributed by atoms with Crippen molar-refractivity contribution in [2.24, 2.45) is 0 Å². The summed E-state index contributed by atoms with van der Waals surface area (Å²) in [5, 5.41) is 6.33. The summed E-state index contributed by atoms with van der Waals surface area (Å²) >= 11 is 5.27. The molecular weight excluding hydrogens is 346 g/mol. The lowest BCUT2D eigenvalue weighted by molar-refractivity contribution is 0.354. The monoisotopic (exact) mass is 366 g/mol. The van der Waals surface area contributed by atoms with Crippen LogP contribution in [0.5, 0.6) is 11.5 Å². The summed E-state index contributed by atoms with van der Waals surface area (Å²) in [7, 11) is 3.15. The zero-order valence-corrected chi connectivity index (χ0v) is 15.0. The molecule has 0 bridgehead atoms. The normalized spacial score (nSPS) is 11.6. The third-order valence-corrected chi connectivity index (χ3v) is 3.92. The molecule has 1 atom stereocenters. The van der Waals surface area contributed by atoms with Gasteiger partial charge in [-0.1, -0.05) is 13.0 Å². The number of ether oxygens (including phenoxy) is 2. The molecule has 0 saturated carbocycles. The van der Waals surface area contributed by atoms with E-state index in [0.29, 0.717) is 22.3 Å². The summed E-state index contributed by atoms with van der Waals surface area (Å²) in [4.78, 5) is 0. The highest BCUT2D eigenvalue weighted by atomic mass is 32.1. The number of hydrogen-bond donors (Lipinski definition) is 2. The Kier molecular flexibility index (Phi) is 6.52. The molecule has 0 saturated heterocycles. The largest absolute Gasteiger partial charge is 0.493 e. The lowest BCUT2D eigenvalue weighted by Crippen LogP contribution is -2.32. The molecule has 0 radical (unpaired) electrons. The third-order valence-electron chi connectivity index (χ3n) is 3.70. The van der Waals surface area contributed by atoms with Gasteiger partial charge in [0, 0.05) is 11.8 Å². The smallest absolute Gasteiger partial charge is 0.171 e. The van der Waals surface area contributed by atoms with Crippen molar-refractivity contribution in [2.75, 3.05) is 19.5 Å². The van der Waals surface area contributed by atoms with Crippen molar-refractivity contribution in [3.05, 3.63) is 53.6 Å². The van der Waals surface area contributed by atoms with Crippen molar-refractivity contribution in [1.82, 2.24) is 5.32 Å². The van der Waals surface area contributed by atoms with Gasteiger partial charge in [-0.15, -0.1) is 0 Å². The molecule has 0 amide bonds. The van der Waals surface area contributed by atoms with Crippen LogP contribution in [0.3, 0.4) is 0 Å². The van der Waals surface area contributed by atoms with E-state index in [1.165, 1.54) is 6.07 Å². The van der Waals surface area contributed by atoms with E-state index in [4.69, 9.17) is 21.7 Å². The summed E-state index contributed by atoms with van der Waals surface area (Å²) in [6, 6.07) is 9.06. The van der Waals surface area contributed by atoms with Gasteiger partial charge in [0.15, 0.2) is 28.2 Å². The SMILES string of the molecule is CCC(NC(=S)Nc1ccc(F)c(F)c1)c1ccc(OC)c(OC)c1. The van der Waals surface area contributed by atoms with Crippen LogP contribution in [0.1, 0.15) is 24.9 Å². The summed E-state index contributed by atoms with van der Waals surface area (Å²) in [6.45, 7) is 2.01. The molecule has 0 spiro atoms. The van der Waals surface area contributed by atoms with Crippen LogP contribution in [-0.4, -0.2) is 19.3 Å². The van der Waals surface area contributed by atoms with E-state index in [1.54, 1.807) is 14.2 Å². The zero-order chi connectivity index (χ0) is 18.4. The first kappa shape index (κ1) is 18.9. The highest BCUT2D eigenvalue weighted by molar-refractivity contribution is 7.80. The molecule has 0 fully saturated rings. The van der Waals surface area contributed by atoms with Crippen LogP contribution in [0.4, 0.5) is 14.5 Å². The Morgan fingerprint density at radius 2 is 1.76 bits per heavy atom. The molecule has 0 heterocycles. The Morgan fingerprint density at radius 1 is 1.04 bits per heavy atom. The maximum atomic E-state index is 13.3. The molecule has 134 valence electrons. The van der Waals surface area contributed by atoms with Crippen LogP contribution in [0.25, 0.3) is 0 Å². The zero-order valence-electron chi connectivity index (χ0n) is 14.2. The van der Waals surface area contributed by atoms with E-state index in [0.717, 1.165) is 24.1 Å². The standard InChI is InChI=1S/C18H20F2N2O2S/c1-4-15(11-5-8-16(23-2)17(9-11)24-3)22-18(25)21-12-6-7-13(19)14(20)10-12/h5-10,15H,4H2,1-3H3,(H2,21,22,25). The molecule has 2 N–H and O–H groups in total. The van der Waals surface area contributed by atoms with Crippen LogP contribution in [0.2, 0.25) is 0 Å². The number of halogens is 2. The van der Waals surface area contributed by atoms with Gasteiger partial charge >= 0.3 is 0 Å². The summed E-state index contributed by atoms with van der Waals surface area (Å²) in [5.74, 6) is -0.566. The minimum absolute atomic E-state index is 0.0786. The van der Waals surface area contributed by atoms with Gasteiger partial charge in [-0.2, -0.15) is 0 Å². The van der Waals surface area contributed by atoms with E-state index in [-0.39, 0.29) is 6.04 Å². The number of benzene rings is 2. The molecule has 4 nitrogen and oxygen atoms in total. The molecule has 7 heteroatoms. The number of nitrogens with one attached hydrogen (secondary N) is 2. The van der Waals surface area contributed by atoms with Crippen molar-refractivity contribution in [3.8, 4) is 11.5 Å². The van der Waals surface area contributed by atoms with Gasteiger partial charge < -0.3 is 20.1 Å². The predicted octanol–water partition coefficient (Wildman–Crippen LogP) is 4.42. The van der Waals surface area contributed by atoms with Crippen molar-refractivity contribution in [2.45, 2.75) is 19.4 Å². The van der Waals surface area contributed by atoms with E-state index in [9.17, 15) is 8.78 Å². The third kappa shape index (κ3) is 4.79. The van der Waals surface area contributed by atoms with Crippen LogP contribution in [-0.2, 0) is 0 Å². The lowest BCUT2D eigenvalue weighted by atomic mass is 10.0. The molecular formula is C18H20F2N2O2S. The van der Waals surface area contributed by atoms with Crippen LogP contribution < -0.4 is 20.1 Å². The summed E-state index contributed by atoms with van der Waals surface area (Å²) in [6.07, 6.45) is 0.759. The average molecular weight is 366 g/mol. The van der Waals surface area contributed by atoms with E-state index < -0.39 is 11.6 Å². The van der Waals surface area contributed by atoms with Crippen molar-refractivity contribution in [1.29, 1.82) is 0 Å². The number of methoxy groups -OCH3 is 2. The molecule has 25 heavy (non-hydrogen) atoms. The number of rotatable bonds is 6. The molecule has 0 aliphatic rings. The number of anilines is 1. The van der Waals surface area contributed by atoms with Gasteiger partial charge in [-0.3, -0.25) is 0 Å². The Labute approximate surface area is 151 Å². The Hall–Kier alpha value is -2.41. The topological polar surface area (TPSA) is 42.5 Å². The van der Waals surface area contributed by atoms with Gasteiger partial charge in [0.2, 0.25) is 0 Å². The highest BCUT2D eigenvalue weighted by Crippen LogP contribution is 2.30. The minimum Gasteiger partial charge on any atom is -0.493 e. The van der Waals surface area contributed by atoms with Crippen molar-refractivity contribution < 1.29 is 18.3 Å². The molecule has 2 aromatic rings. The molecule has 0 aliphatic carbocycles. The minimum atomic E-state index is -0.931. The first-order valence-corrected chi connectivity index (χ1v) is 8.13. The fourth-order valence-corrected chi connectivity index (χ4v) is 2.65. The van der Waals surface area contributed by atoms with Gasteiger partial charge in [-0.25, -0.2) is 8.78 Å². The predicted molar refractivity (Wildman–Crippen MR) is 98.3 cm³/mol. The summed E-state index contributed by atoms with van der Waals surface area (Å²) in [5.41, 5.74) is 1.34. The van der Waals surface area contributed by atoms with Crippen LogP contribution >= 0.6 is 12.2 Å². The Morgan fingerprint density at radius 3 is 2.36 bits per heavy atom. The van der Waals surface area contributed by atoms with Crippen molar-refractivity contribution in [3.63, 3.8) is 0 Å². The van der Waals surface area contributed by atoms with Gasteiger partial charge in [0.1, 0.15) is 0 Å². The molecule has 0 aliphatic heterocycles. The highest BCUT2D eigenvalue weighted by Gasteiger charge is 2.14. The lowest BCUT2D eigenvalue weighted by Gasteiger charge is -2.21. The quantitative estimate of drug-likeness (QED) is 0.741. The van der Waals surface area contributed by atoms with E-state index in [2.05, 4.69) is 10.6 Å². The number of thiocarbonyl (C=S) groups is 1. The Bertz CT molecular complexity index is 756. The van der Waals surface area contributed by atoms with E-state index >= 15 is 0 Å². The molecule has 1 unspecified atom stereocenters. The average Bonchev–Trinajstić information content (AvgIpc) is 2.62. The van der Waals surface area contributed by atoms with Gasteiger partial charge in [-0.05, 0) is 48.5 Å². The molecule has 2 aromatic carbocycles. The first-order valence-electron chi connectivity index (χ1n) is 7.73. The summed E-state index contributed by atoms with van der Waals surface area (Å²) < 4.78 is 36.8. The molecule has 0 aromatic heterocycles. The fourth-order valence-electron chi connectivity index (χ4n) is 2.39. The van der Waals surface area contributed by atoms with Crippen molar-refractivity contribution >= 4 is 23.0 Å². The molecule has 2 rings (SSSR count). The second kappa shape index (κ2) is 8.62. The second-order valence-electron chi connectivity index (χ2n) is 5.30. The number of hydrogen-bond acceptors (Lipinski definition) is 3. The van der Waals surface area contributed by atoms with Crippen LogP contribution in [0.15, 0.2) is 36.4 Å². The van der Waals surface area contributed by atoms with Crippen LogP contribution in [0, 0.1) is 11.6 Å². The van der Waals surface area contributed by atoms with Gasteiger partial charge in [0.25, 0.3) is 0 Å². The first-order chi connectivity index (χ1) is 12.0.